The highest BCUT2D eigenvalue weighted by molar-refractivity contribution is 5.06. The summed E-state index contributed by atoms with van der Waals surface area (Å²) < 4.78 is 0. The van der Waals surface area contributed by atoms with Crippen molar-refractivity contribution in [3.05, 3.63) is 24.3 Å². The Morgan fingerprint density at radius 2 is 2.06 bits per heavy atom. The van der Waals surface area contributed by atoms with Gasteiger partial charge in [0.25, 0.3) is 0 Å². The number of nitrogens with one attached hydrogen (secondary N) is 1. The molecule has 0 spiro atoms. The topological polar surface area (TPSA) is 37.8 Å². The molecule has 1 aliphatic carbocycles. The molecule has 0 aromatic carbocycles. The van der Waals surface area contributed by atoms with Crippen LogP contribution in [0.15, 0.2) is 18.6 Å². The van der Waals surface area contributed by atoms with E-state index in [2.05, 4.69) is 28.3 Å². The maximum Gasteiger partial charge on any atom is 0.115 e. The Kier molecular flexibility index (Phi) is 5.59. The van der Waals surface area contributed by atoms with Crippen molar-refractivity contribution in [2.24, 2.45) is 5.92 Å². The van der Waals surface area contributed by atoms with Gasteiger partial charge in [0.1, 0.15) is 6.33 Å². The molecule has 2 rings (SSSR count). The van der Waals surface area contributed by atoms with Crippen LogP contribution in [0.3, 0.4) is 0 Å². The second-order valence-corrected chi connectivity index (χ2v) is 5.32. The lowest BCUT2D eigenvalue weighted by atomic mass is 9.89. The van der Waals surface area contributed by atoms with Crippen LogP contribution in [0.5, 0.6) is 0 Å². The monoisotopic (exact) mass is 247 g/mol. The minimum absolute atomic E-state index is 0.422. The van der Waals surface area contributed by atoms with Crippen molar-refractivity contribution in [1.82, 2.24) is 15.3 Å². The van der Waals surface area contributed by atoms with Gasteiger partial charge in [0.05, 0.1) is 11.7 Å². The Bertz CT molecular complexity index is 318. The fourth-order valence-electron chi connectivity index (χ4n) is 2.94. The molecule has 3 nitrogen and oxygen atoms in total. The number of hydrogen-bond donors (Lipinski definition) is 1. The van der Waals surface area contributed by atoms with Crippen LogP contribution in [-0.2, 0) is 0 Å². The molecule has 0 bridgehead atoms. The highest BCUT2D eigenvalue weighted by atomic mass is 15.0. The normalized spacial score (nSPS) is 19.4. The molecular formula is C15H25N3. The van der Waals surface area contributed by atoms with Crippen LogP contribution in [0, 0.1) is 5.92 Å². The third-order valence-corrected chi connectivity index (χ3v) is 3.91. The second-order valence-electron chi connectivity index (χ2n) is 5.32. The van der Waals surface area contributed by atoms with E-state index in [1.165, 1.54) is 50.6 Å². The summed E-state index contributed by atoms with van der Waals surface area (Å²) in [6.07, 6.45) is 12.9. The average molecular weight is 247 g/mol. The van der Waals surface area contributed by atoms with Gasteiger partial charge in [-0.2, -0.15) is 0 Å². The zero-order valence-electron chi connectivity index (χ0n) is 11.4. The molecule has 100 valence electrons. The Hall–Kier alpha value is -0.960. The van der Waals surface area contributed by atoms with Crippen LogP contribution in [0.4, 0.5) is 0 Å². The van der Waals surface area contributed by atoms with Crippen LogP contribution in [-0.4, -0.2) is 16.5 Å². The number of nitrogens with zero attached hydrogens (tertiary/aromatic N) is 2. The van der Waals surface area contributed by atoms with Gasteiger partial charge in [0.2, 0.25) is 0 Å². The first-order chi connectivity index (χ1) is 8.92. The van der Waals surface area contributed by atoms with Gasteiger partial charge in [0.15, 0.2) is 0 Å². The smallest absolute Gasteiger partial charge is 0.115 e. The molecule has 0 amide bonds. The van der Waals surface area contributed by atoms with E-state index in [9.17, 15) is 0 Å². The van der Waals surface area contributed by atoms with Crippen LogP contribution in [0.25, 0.3) is 0 Å². The molecule has 0 saturated heterocycles. The third kappa shape index (κ3) is 3.77. The lowest BCUT2D eigenvalue weighted by molar-refractivity contribution is 0.320. The van der Waals surface area contributed by atoms with E-state index in [0.29, 0.717) is 6.04 Å². The van der Waals surface area contributed by atoms with Crippen LogP contribution < -0.4 is 5.32 Å². The lowest BCUT2D eigenvalue weighted by Gasteiger charge is -2.26. The Labute approximate surface area is 110 Å². The van der Waals surface area contributed by atoms with Crippen LogP contribution in [0.1, 0.15) is 63.6 Å². The predicted molar refractivity (Wildman–Crippen MR) is 74.3 cm³/mol. The standard InChI is InChI=1S/C15H25N3/c1-2-10-17-15(14-9-11-16-12-18-14)13-7-5-3-4-6-8-13/h9,11-13,15,17H,2-8,10H2,1H3. The van der Waals surface area contributed by atoms with Gasteiger partial charge >= 0.3 is 0 Å². The molecule has 1 aliphatic rings. The van der Waals surface area contributed by atoms with E-state index in [1.54, 1.807) is 6.33 Å². The summed E-state index contributed by atoms with van der Waals surface area (Å²) in [7, 11) is 0. The largest absolute Gasteiger partial charge is 0.308 e. The quantitative estimate of drug-likeness (QED) is 0.809. The Morgan fingerprint density at radius 3 is 2.67 bits per heavy atom. The summed E-state index contributed by atoms with van der Waals surface area (Å²) in [6, 6.07) is 2.49. The molecule has 1 N–H and O–H groups in total. The van der Waals surface area contributed by atoms with Gasteiger partial charge in [-0.3, -0.25) is 0 Å². The summed E-state index contributed by atoms with van der Waals surface area (Å²) in [6.45, 7) is 3.29. The fraction of sp³-hybridized carbons (Fsp3) is 0.733. The lowest BCUT2D eigenvalue weighted by Crippen LogP contribution is -2.29. The zero-order valence-corrected chi connectivity index (χ0v) is 11.4. The second kappa shape index (κ2) is 7.47. The zero-order chi connectivity index (χ0) is 12.6. The van der Waals surface area contributed by atoms with Gasteiger partial charge in [0, 0.05) is 6.20 Å². The molecule has 0 aliphatic heterocycles. The first-order valence-corrected chi connectivity index (χ1v) is 7.41. The van der Waals surface area contributed by atoms with Crippen molar-refractivity contribution < 1.29 is 0 Å². The van der Waals surface area contributed by atoms with E-state index in [1.807, 2.05) is 6.20 Å². The SMILES string of the molecule is CCCNC(c1ccncn1)C1CCCCCC1. The Morgan fingerprint density at radius 1 is 1.28 bits per heavy atom. The maximum atomic E-state index is 4.46. The number of rotatable bonds is 5. The minimum Gasteiger partial charge on any atom is -0.308 e. The molecule has 1 saturated carbocycles. The van der Waals surface area contributed by atoms with E-state index in [0.717, 1.165) is 12.5 Å². The van der Waals surface area contributed by atoms with E-state index in [4.69, 9.17) is 0 Å². The molecule has 0 radical (unpaired) electrons. The molecule has 3 heteroatoms. The van der Waals surface area contributed by atoms with Crippen molar-refractivity contribution in [2.45, 2.75) is 57.9 Å². The van der Waals surface area contributed by atoms with Crippen molar-refractivity contribution in [1.29, 1.82) is 0 Å². The summed E-state index contributed by atoms with van der Waals surface area (Å²) in [4.78, 5) is 8.50. The van der Waals surface area contributed by atoms with Gasteiger partial charge in [-0.05, 0) is 37.8 Å². The molecule has 18 heavy (non-hydrogen) atoms. The summed E-state index contributed by atoms with van der Waals surface area (Å²) in [5, 5.41) is 3.69. The highest BCUT2D eigenvalue weighted by Gasteiger charge is 2.24. The van der Waals surface area contributed by atoms with Crippen LogP contribution in [0.2, 0.25) is 0 Å². The molecule has 1 aromatic heterocycles. The first-order valence-electron chi connectivity index (χ1n) is 7.41. The fourth-order valence-corrected chi connectivity index (χ4v) is 2.94. The van der Waals surface area contributed by atoms with E-state index in [-0.39, 0.29) is 0 Å². The van der Waals surface area contributed by atoms with Gasteiger partial charge in [-0.15, -0.1) is 0 Å². The van der Waals surface area contributed by atoms with Gasteiger partial charge < -0.3 is 5.32 Å². The van der Waals surface area contributed by atoms with Crippen molar-refractivity contribution in [3.63, 3.8) is 0 Å². The summed E-state index contributed by atoms with van der Waals surface area (Å²) in [5.41, 5.74) is 1.17. The highest BCUT2D eigenvalue weighted by Crippen LogP contribution is 2.32. The molecular weight excluding hydrogens is 222 g/mol. The summed E-state index contributed by atoms with van der Waals surface area (Å²) in [5.74, 6) is 0.744. The van der Waals surface area contributed by atoms with E-state index >= 15 is 0 Å². The molecule has 1 unspecified atom stereocenters. The van der Waals surface area contributed by atoms with Crippen molar-refractivity contribution >= 4 is 0 Å². The van der Waals surface area contributed by atoms with Crippen molar-refractivity contribution in [3.8, 4) is 0 Å². The number of aromatic nitrogens is 2. The van der Waals surface area contributed by atoms with Gasteiger partial charge in [-0.1, -0.05) is 32.6 Å². The van der Waals surface area contributed by atoms with E-state index < -0.39 is 0 Å². The summed E-state index contributed by atoms with van der Waals surface area (Å²) >= 11 is 0. The predicted octanol–water partition coefficient (Wildman–Crippen LogP) is 3.49. The minimum atomic E-state index is 0.422. The van der Waals surface area contributed by atoms with Gasteiger partial charge in [-0.25, -0.2) is 9.97 Å². The molecule has 1 fully saturated rings. The first kappa shape index (κ1) is 13.5. The number of hydrogen-bond acceptors (Lipinski definition) is 3. The van der Waals surface area contributed by atoms with Crippen LogP contribution >= 0.6 is 0 Å². The molecule has 1 heterocycles. The van der Waals surface area contributed by atoms with Crippen molar-refractivity contribution in [2.75, 3.05) is 6.54 Å². The molecule has 1 atom stereocenters. The average Bonchev–Trinajstić information content (AvgIpc) is 2.70. The molecule has 1 aromatic rings. The maximum absolute atomic E-state index is 4.46. The third-order valence-electron chi connectivity index (χ3n) is 3.91. The Balaban J connectivity index is 2.08.